The van der Waals surface area contributed by atoms with Gasteiger partial charge in [0.05, 0.1) is 10.8 Å². The molecule has 5 heteroatoms. The normalized spacial score (nSPS) is 11.7. The quantitative estimate of drug-likeness (QED) is 0.449. The summed E-state index contributed by atoms with van der Waals surface area (Å²) in [6.07, 6.45) is 0. The second kappa shape index (κ2) is 3.98. The predicted molar refractivity (Wildman–Crippen MR) is 85.4 cm³/mol. The first-order valence-electron chi connectivity index (χ1n) is 6.69. The molecule has 0 unspecified atom stereocenters. The number of rotatable bonds is 0. The minimum atomic E-state index is -0.457. The van der Waals surface area contributed by atoms with Gasteiger partial charge in [0.15, 0.2) is 10.9 Å². The monoisotopic (exact) mass is 291 g/mol. The molecule has 0 radical (unpaired) electrons. The van der Waals surface area contributed by atoms with Crippen LogP contribution in [0.25, 0.3) is 32.3 Å². The second-order valence-corrected chi connectivity index (χ2v) is 5.32. The highest BCUT2D eigenvalue weighted by Gasteiger charge is 2.16. The highest BCUT2D eigenvalue weighted by molar-refractivity contribution is 6.04. The topological polar surface area (TPSA) is 73.2 Å². The van der Waals surface area contributed by atoms with Crippen LogP contribution in [0.5, 0.6) is 0 Å². The Kier molecular flexibility index (Phi) is 2.29. The molecular formula is C17H9NO4. The van der Waals surface area contributed by atoms with Gasteiger partial charge in [-0.05, 0) is 12.1 Å². The lowest BCUT2D eigenvalue weighted by Crippen LogP contribution is -2.20. The molecular weight excluding hydrogens is 282 g/mol. The van der Waals surface area contributed by atoms with Crippen LogP contribution >= 0.6 is 0 Å². The van der Waals surface area contributed by atoms with Crippen molar-refractivity contribution in [1.82, 2.24) is 4.57 Å². The van der Waals surface area contributed by atoms with Gasteiger partial charge in [0, 0.05) is 28.6 Å². The van der Waals surface area contributed by atoms with Crippen LogP contribution < -0.4 is 22.0 Å². The van der Waals surface area contributed by atoms with Crippen LogP contribution in [-0.2, 0) is 7.05 Å². The largest absolute Gasteiger partial charge is 0.289 e. The van der Waals surface area contributed by atoms with Gasteiger partial charge in [-0.25, -0.2) is 0 Å². The summed E-state index contributed by atoms with van der Waals surface area (Å²) >= 11 is 0. The Labute approximate surface area is 122 Å². The van der Waals surface area contributed by atoms with Crippen LogP contribution in [-0.4, -0.2) is 4.57 Å². The van der Waals surface area contributed by atoms with E-state index in [9.17, 15) is 19.2 Å². The number of hydrogen-bond donors (Lipinski definition) is 0. The van der Waals surface area contributed by atoms with E-state index in [1.54, 1.807) is 24.3 Å². The number of fused-ring (bicyclic) bond motifs is 3. The first-order valence-corrected chi connectivity index (χ1v) is 6.69. The van der Waals surface area contributed by atoms with Gasteiger partial charge in [-0.3, -0.25) is 23.7 Å². The van der Waals surface area contributed by atoms with Crippen molar-refractivity contribution < 1.29 is 0 Å². The average molecular weight is 291 g/mol. The van der Waals surface area contributed by atoms with Crippen molar-refractivity contribution in [3.63, 3.8) is 0 Å². The fraction of sp³-hybridized carbons (Fsp3) is 0.0588. The van der Waals surface area contributed by atoms with Crippen molar-refractivity contribution >= 4 is 32.3 Å². The summed E-state index contributed by atoms with van der Waals surface area (Å²) in [5.74, 6) is 0. The van der Waals surface area contributed by atoms with E-state index in [0.29, 0.717) is 10.8 Å². The minimum Gasteiger partial charge on any atom is -0.289 e. The molecule has 4 rings (SSSR count). The van der Waals surface area contributed by atoms with Crippen LogP contribution in [0, 0.1) is 0 Å². The molecule has 0 fully saturated rings. The van der Waals surface area contributed by atoms with Gasteiger partial charge in [0.25, 0.3) is 11.1 Å². The average Bonchev–Trinajstić information content (AvgIpc) is 2.76. The van der Waals surface area contributed by atoms with Crippen LogP contribution in [0.2, 0.25) is 0 Å². The zero-order valence-corrected chi connectivity index (χ0v) is 11.5. The van der Waals surface area contributed by atoms with Crippen LogP contribution in [0.1, 0.15) is 0 Å². The smallest absolute Gasteiger partial charge is 0.261 e. The van der Waals surface area contributed by atoms with E-state index in [1.165, 1.54) is 19.2 Å². The van der Waals surface area contributed by atoms with E-state index in [0.717, 1.165) is 4.57 Å². The summed E-state index contributed by atoms with van der Waals surface area (Å²) in [6.45, 7) is 0. The lowest BCUT2D eigenvalue weighted by Gasteiger charge is -2.00. The summed E-state index contributed by atoms with van der Waals surface area (Å²) < 4.78 is 0.984. The molecule has 0 bridgehead atoms. The molecule has 0 aliphatic carbocycles. The Hall–Kier alpha value is -3.08. The zero-order chi connectivity index (χ0) is 15.6. The maximum Gasteiger partial charge on any atom is 0.261 e. The number of nitrogens with zero attached hydrogens (tertiary/aromatic N) is 1. The van der Waals surface area contributed by atoms with E-state index in [4.69, 9.17) is 0 Å². The molecule has 1 aromatic heterocycles. The van der Waals surface area contributed by atoms with Crippen LogP contribution in [0.15, 0.2) is 55.6 Å². The van der Waals surface area contributed by atoms with Crippen molar-refractivity contribution in [3.05, 3.63) is 77.6 Å². The highest BCUT2D eigenvalue weighted by Crippen LogP contribution is 2.17. The number of aromatic nitrogens is 1. The van der Waals surface area contributed by atoms with Crippen molar-refractivity contribution in [2.24, 2.45) is 7.05 Å². The molecule has 3 aromatic carbocycles. The van der Waals surface area contributed by atoms with Gasteiger partial charge in [-0.15, -0.1) is 0 Å². The van der Waals surface area contributed by atoms with Crippen molar-refractivity contribution in [2.75, 3.05) is 0 Å². The molecule has 0 amide bonds. The summed E-state index contributed by atoms with van der Waals surface area (Å²) in [7, 11) is 1.38. The molecule has 0 saturated heterocycles. The standard InChI is InChI=1S/C17H9NO4/c1-18-16(21)12-6-10-11(7-13(12)17(18)22)15(20)9-5-3-2-4-8(9)14(10)19/h2-7H,1H3. The number of benzene rings is 3. The first kappa shape index (κ1) is 12.6. The van der Waals surface area contributed by atoms with Gasteiger partial charge in [-0.2, -0.15) is 0 Å². The number of hydrogen-bond acceptors (Lipinski definition) is 4. The third-order valence-electron chi connectivity index (χ3n) is 4.13. The van der Waals surface area contributed by atoms with E-state index in [1.807, 2.05) is 0 Å². The Morgan fingerprint density at radius 2 is 1.05 bits per heavy atom. The third-order valence-corrected chi connectivity index (χ3v) is 4.13. The molecule has 5 nitrogen and oxygen atoms in total. The highest BCUT2D eigenvalue weighted by atomic mass is 16.2. The summed E-state index contributed by atoms with van der Waals surface area (Å²) in [5.41, 5.74) is -1.52. The second-order valence-electron chi connectivity index (χ2n) is 5.32. The van der Waals surface area contributed by atoms with Crippen molar-refractivity contribution in [3.8, 4) is 0 Å². The van der Waals surface area contributed by atoms with E-state index in [-0.39, 0.29) is 32.4 Å². The Morgan fingerprint density at radius 3 is 1.45 bits per heavy atom. The maximum absolute atomic E-state index is 12.6. The third kappa shape index (κ3) is 1.37. The molecule has 0 atom stereocenters. The van der Waals surface area contributed by atoms with E-state index < -0.39 is 11.1 Å². The molecule has 0 spiro atoms. The van der Waals surface area contributed by atoms with Crippen LogP contribution in [0.4, 0.5) is 0 Å². The van der Waals surface area contributed by atoms with E-state index >= 15 is 0 Å². The zero-order valence-electron chi connectivity index (χ0n) is 11.5. The molecule has 1 heterocycles. The van der Waals surface area contributed by atoms with Crippen molar-refractivity contribution in [1.29, 1.82) is 0 Å². The molecule has 0 saturated carbocycles. The molecule has 0 aliphatic heterocycles. The Bertz CT molecular complexity index is 1200. The van der Waals surface area contributed by atoms with Crippen molar-refractivity contribution in [2.45, 2.75) is 0 Å². The predicted octanol–water partition coefficient (Wildman–Crippen LogP) is 0.801. The molecule has 0 N–H and O–H groups in total. The Morgan fingerprint density at radius 1 is 0.636 bits per heavy atom. The van der Waals surface area contributed by atoms with Crippen LogP contribution in [0.3, 0.4) is 0 Å². The molecule has 106 valence electrons. The minimum absolute atomic E-state index is 0.173. The van der Waals surface area contributed by atoms with E-state index in [2.05, 4.69) is 0 Å². The lowest BCUT2D eigenvalue weighted by molar-refractivity contribution is 0.856. The van der Waals surface area contributed by atoms with Gasteiger partial charge >= 0.3 is 0 Å². The van der Waals surface area contributed by atoms with Gasteiger partial charge in [0.1, 0.15) is 0 Å². The van der Waals surface area contributed by atoms with Gasteiger partial charge in [-0.1, -0.05) is 24.3 Å². The molecule has 4 aromatic rings. The van der Waals surface area contributed by atoms with Gasteiger partial charge in [0.2, 0.25) is 0 Å². The summed E-state index contributed by atoms with van der Waals surface area (Å²) in [6, 6.07) is 9.28. The van der Waals surface area contributed by atoms with Gasteiger partial charge < -0.3 is 0 Å². The Balaban J connectivity index is 2.43. The maximum atomic E-state index is 12.6. The molecule has 22 heavy (non-hydrogen) atoms. The summed E-state index contributed by atoms with van der Waals surface area (Å²) in [5, 5.41) is 1.35. The SMILES string of the molecule is Cn1c(=O)c2cc3c(=O)c4ccccc4c(=O)c3cc2c1=O. The molecule has 0 aliphatic rings. The summed E-state index contributed by atoms with van der Waals surface area (Å²) in [4.78, 5) is 49.2. The lowest BCUT2D eigenvalue weighted by atomic mass is 10.0. The first-order chi connectivity index (χ1) is 10.5. The fourth-order valence-electron chi connectivity index (χ4n) is 2.95. The fourth-order valence-corrected chi connectivity index (χ4v) is 2.95.